The molecule has 58 heavy (non-hydrogen) atoms. The summed E-state index contributed by atoms with van der Waals surface area (Å²) in [6, 6.07) is -0.882. The van der Waals surface area contributed by atoms with Crippen LogP contribution in [0.1, 0.15) is 206 Å². The Hall–Kier alpha value is -1.54. The van der Waals surface area contributed by atoms with Crippen LogP contribution >= 0.6 is 7.82 Å². The van der Waals surface area contributed by atoms with Gasteiger partial charge in [0.25, 0.3) is 7.82 Å². The topological polar surface area (TPSA) is 108 Å². The molecule has 2 N–H and O–H groups in total. The molecule has 3 atom stereocenters. The largest absolute Gasteiger partial charge is 0.756 e. The molecule has 0 bridgehead atoms. The van der Waals surface area contributed by atoms with E-state index in [1.54, 1.807) is 6.08 Å². The van der Waals surface area contributed by atoms with E-state index in [0.717, 1.165) is 57.8 Å². The molecule has 0 aromatic heterocycles. The smallest absolute Gasteiger partial charge is 0.268 e. The lowest BCUT2D eigenvalue weighted by Crippen LogP contribution is -2.45. The standard InChI is InChI=1S/C49H93N2O6P/c1-6-8-10-12-13-14-15-16-17-18-19-20-21-22-23-24-25-26-27-28-29-30-31-32-33-34-35-36-37-39-41-43-49(53)50-47(48(52)42-40-38-11-9-7-2)46-57-58(54,55)56-45-44-51(3,4)5/h15-16,18-19,21-22,40,42,47-48,52H,6-14,17,20,23-39,41,43-46H2,1-5H3,(H-,50,53,54,55)/b16-15-,19-18-,22-21-,42-40+. The van der Waals surface area contributed by atoms with Crippen LogP contribution in [0.3, 0.4) is 0 Å². The van der Waals surface area contributed by atoms with E-state index in [4.69, 9.17) is 9.05 Å². The van der Waals surface area contributed by atoms with Crippen LogP contribution in [0.4, 0.5) is 0 Å². The SMILES string of the molecule is CCCCC/C=C/C(O)C(COP(=O)([O-])OCC[N+](C)(C)C)NC(=O)CCCCCCCCCCCCCCCCCC/C=C\C/C=C\C/C=C\CCCCCCC. The van der Waals surface area contributed by atoms with Crippen LogP contribution < -0.4 is 10.2 Å². The summed E-state index contributed by atoms with van der Waals surface area (Å²) in [5.41, 5.74) is 0. The van der Waals surface area contributed by atoms with Crippen molar-refractivity contribution in [3.05, 3.63) is 48.6 Å². The van der Waals surface area contributed by atoms with Crippen molar-refractivity contribution in [2.75, 3.05) is 40.9 Å². The van der Waals surface area contributed by atoms with E-state index in [9.17, 15) is 19.4 Å². The zero-order valence-electron chi connectivity index (χ0n) is 38.5. The summed E-state index contributed by atoms with van der Waals surface area (Å²) in [4.78, 5) is 25.1. The number of hydrogen-bond donors (Lipinski definition) is 2. The van der Waals surface area contributed by atoms with Crippen LogP contribution in [0.25, 0.3) is 0 Å². The van der Waals surface area contributed by atoms with Crippen molar-refractivity contribution in [2.24, 2.45) is 0 Å². The van der Waals surface area contributed by atoms with Crippen molar-refractivity contribution in [1.29, 1.82) is 0 Å². The average Bonchev–Trinajstić information content (AvgIpc) is 3.17. The Bertz CT molecular complexity index is 1090. The molecule has 0 aliphatic rings. The molecule has 8 nitrogen and oxygen atoms in total. The molecule has 3 unspecified atom stereocenters. The minimum atomic E-state index is -4.57. The van der Waals surface area contributed by atoms with E-state index >= 15 is 0 Å². The molecule has 1 amide bonds. The van der Waals surface area contributed by atoms with Gasteiger partial charge < -0.3 is 28.8 Å². The van der Waals surface area contributed by atoms with Crippen LogP contribution in [0.2, 0.25) is 0 Å². The van der Waals surface area contributed by atoms with Crippen molar-refractivity contribution in [2.45, 2.75) is 219 Å². The van der Waals surface area contributed by atoms with E-state index < -0.39 is 20.0 Å². The second kappa shape index (κ2) is 40.8. The van der Waals surface area contributed by atoms with Gasteiger partial charge in [-0.3, -0.25) is 9.36 Å². The number of aliphatic hydroxyl groups excluding tert-OH is 1. The van der Waals surface area contributed by atoms with Crippen molar-refractivity contribution in [1.82, 2.24) is 5.32 Å². The fraction of sp³-hybridized carbons (Fsp3) is 0.816. The third kappa shape index (κ3) is 42.6. The average molecular weight is 837 g/mol. The van der Waals surface area contributed by atoms with E-state index in [-0.39, 0.29) is 19.1 Å². The van der Waals surface area contributed by atoms with Gasteiger partial charge in [0.1, 0.15) is 13.2 Å². The number of hydrogen-bond acceptors (Lipinski definition) is 6. The molecule has 0 aliphatic heterocycles. The van der Waals surface area contributed by atoms with Crippen LogP contribution in [-0.2, 0) is 18.4 Å². The molecular formula is C49H93N2O6P. The maximum absolute atomic E-state index is 12.8. The number of carbonyl (C=O) groups is 1. The van der Waals surface area contributed by atoms with Crippen molar-refractivity contribution < 1.29 is 32.9 Å². The lowest BCUT2D eigenvalue weighted by molar-refractivity contribution is -0.870. The van der Waals surface area contributed by atoms with Gasteiger partial charge in [0.15, 0.2) is 0 Å². The molecule has 0 saturated heterocycles. The van der Waals surface area contributed by atoms with Crippen LogP contribution in [-0.4, -0.2) is 68.5 Å². The summed E-state index contributed by atoms with van der Waals surface area (Å²) in [5, 5.41) is 13.6. The van der Waals surface area contributed by atoms with Gasteiger partial charge in [-0.1, -0.05) is 191 Å². The first-order chi connectivity index (χ1) is 28.0. The van der Waals surface area contributed by atoms with Crippen LogP contribution in [0.15, 0.2) is 48.6 Å². The van der Waals surface area contributed by atoms with Crippen LogP contribution in [0, 0.1) is 0 Å². The van der Waals surface area contributed by atoms with Gasteiger partial charge >= 0.3 is 0 Å². The molecule has 0 aromatic rings. The molecule has 0 aromatic carbocycles. The number of phosphoric ester groups is 1. The van der Waals surface area contributed by atoms with Gasteiger partial charge in [0.05, 0.1) is 39.9 Å². The van der Waals surface area contributed by atoms with Crippen molar-refractivity contribution >= 4 is 13.7 Å². The fourth-order valence-corrected chi connectivity index (χ4v) is 7.41. The zero-order chi connectivity index (χ0) is 42.8. The molecule has 0 radical (unpaired) electrons. The minimum Gasteiger partial charge on any atom is -0.756 e. The third-order valence-corrected chi connectivity index (χ3v) is 11.5. The highest BCUT2D eigenvalue weighted by molar-refractivity contribution is 7.45. The third-order valence-electron chi connectivity index (χ3n) is 10.5. The Labute approximate surface area is 359 Å². The highest BCUT2D eigenvalue weighted by Crippen LogP contribution is 2.38. The van der Waals surface area contributed by atoms with Gasteiger partial charge in [-0.2, -0.15) is 0 Å². The number of carbonyl (C=O) groups excluding carboxylic acids is 1. The quantitative estimate of drug-likeness (QED) is 0.0274. The Kier molecular flexibility index (Phi) is 39.8. The number of unbranched alkanes of at least 4 members (excludes halogenated alkanes) is 24. The molecule has 0 fully saturated rings. The Morgan fingerprint density at radius 2 is 1.00 bits per heavy atom. The van der Waals surface area contributed by atoms with Gasteiger partial charge in [-0.15, -0.1) is 0 Å². The Morgan fingerprint density at radius 3 is 1.48 bits per heavy atom. The monoisotopic (exact) mass is 837 g/mol. The highest BCUT2D eigenvalue weighted by Gasteiger charge is 2.23. The summed E-state index contributed by atoms with van der Waals surface area (Å²) in [5.74, 6) is -0.206. The normalized spacial score (nSPS) is 14.7. The fourth-order valence-electron chi connectivity index (χ4n) is 6.69. The van der Waals surface area contributed by atoms with Crippen molar-refractivity contribution in [3.8, 4) is 0 Å². The van der Waals surface area contributed by atoms with Gasteiger partial charge in [-0.25, -0.2) is 0 Å². The molecule has 0 spiro atoms. The lowest BCUT2D eigenvalue weighted by atomic mass is 10.0. The second-order valence-corrected chi connectivity index (χ2v) is 18.9. The first-order valence-corrected chi connectivity index (χ1v) is 25.5. The highest BCUT2D eigenvalue weighted by atomic mass is 31.2. The minimum absolute atomic E-state index is 0.00241. The second-order valence-electron chi connectivity index (χ2n) is 17.5. The number of rotatable bonds is 43. The number of nitrogens with zero attached hydrogens (tertiary/aromatic N) is 1. The summed E-state index contributed by atoms with van der Waals surface area (Å²) >= 11 is 0. The Balaban J connectivity index is 3.88. The summed E-state index contributed by atoms with van der Waals surface area (Å²) in [6.45, 7) is 4.51. The molecular weight excluding hydrogens is 744 g/mol. The zero-order valence-corrected chi connectivity index (χ0v) is 39.4. The van der Waals surface area contributed by atoms with Crippen LogP contribution in [0.5, 0.6) is 0 Å². The first kappa shape index (κ1) is 56.5. The predicted octanol–water partition coefficient (Wildman–Crippen LogP) is 13.0. The number of allylic oxidation sites excluding steroid dienone is 7. The van der Waals surface area contributed by atoms with E-state index in [1.165, 1.54) is 128 Å². The summed E-state index contributed by atoms with van der Waals surface area (Å²) < 4.78 is 23.0. The van der Waals surface area contributed by atoms with E-state index in [2.05, 4.69) is 55.6 Å². The summed E-state index contributed by atoms with van der Waals surface area (Å²) in [6.07, 6.45) is 52.3. The Morgan fingerprint density at radius 1 is 0.603 bits per heavy atom. The number of quaternary nitrogens is 1. The van der Waals surface area contributed by atoms with Crippen molar-refractivity contribution in [3.63, 3.8) is 0 Å². The number of likely N-dealkylation sites (N-methyl/N-ethyl adjacent to an activating group) is 1. The molecule has 0 rings (SSSR count). The van der Waals surface area contributed by atoms with Gasteiger partial charge in [0.2, 0.25) is 5.91 Å². The van der Waals surface area contributed by atoms with Gasteiger partial charge in [0, 0.05) is 6.42 Å². The number of phosphoric acid groups is 1. The van der Waals surface area contributed by atoms with E-state index in [1.807, 2.05) is 27.2 Å². The first-order valence-electron chi connectivity index (χ1n) is 24.0. The van der Waals surface area contributed by atoms with Gasteiger partial charge in [-0.05, 0) is 57.8 Å². The predicted molar refractivity (Wildman–Crippen MR) is 247 cm³/mol. The number of nitrogens with one attached hydrogen (secondary N) is 1. The molecule has 0 aliphatic carbocycles. The molecule has 0 saturated carbocycles. The summed E-state index contributed by atoms with van der Waals surface area (Å²) in [7, 11) is 1.25. The molecule has 9 heteroatoms. The molecule has 340 valence electrons. The number of aliphatic hydroxyl groups is 1. The molecule has 0 heterocycles. The van der Waals surface area contributed by atoms with E-state index in [0.29, 0.717) is 17.4 Å². The lowest BCUT2D eigenvalue weighted by Gasteiger charge is -2.29. The maximum Gasteiger partial charge on any atom is 0.268 e. The maximum atomic E-state index is 12.8. The number of amides is 1.